The molecule has 0 aliphatic carbocycles. The first kappa shape index (κ1) is 17.6. The van der Waals surface area contributed by atoms with E-state index in [1.807, 2.05) is 25.1 Å². The summed E-state index contributed by atoms with van der Waals surface area (Å²) in [5.41, 5.74) is 1.61. The van der Waals surface area contributed by atoms with Crippen LogP contribution in [0.1, 0.15) is 18.5 Å². The maximum absolute atomic E-state index is 13.4. The molecule has 0 radical (unpaired) electrons. The summed E-state index contributed by atoms with van der Waals surface area (Å²) in [6, 6.07) is 14.5. The van der Waals surface area contributed by atoms with Crippen molar-refractivity contribution < 1.29 is 8.42 Å². The third kappa shape index (κ3) is 2.84. The molecule has 0 amide bonds. The Morgan fingerprint density at radius 3 is 2.62 bits per heavy atom. The quantitative estimate of drug-likeness (QED) is 0.729. The Bertz CT molecular complexity index is 1050. The van der Waals surface area contributed by atoms with Gasteiger partial charge in [-0.1, -0.05) is 35.9 Å². The molecule has 0 spiro atoms. The molecule has 4 nitrogen and oxygen atoms in total. The van der Waals surface area contributed by atoms with Gasteiger partial charge in [-0.05, 0) is 50.6 Å². The molecule has 1 aromatic heterocycles. The van der Waals surface area contributed by atoms with E-state index in [1.54, 1.807) is 30.3 Å². The summed E-state index contributed by atoms with van der Waals surface area (Å²) in [4.78, 5) is 0.614. The van der Waals surface area contributed by atoms with E-state index in [9.17, 15) is 8.42 Å². The number of sulfone groups is 1. The minimum atomic E-state index is -3.66. The van der Waals surface area contributed by atoms with Crippen LogP contribution in [0.25, 0.3) is 10.9 Å². The molecule has 1 fully saturated rings. The van der Waals surface area contributed by atoms with Crippen LogP contribution in [0.5, 0.6) is 0 Å². The molecule has 26 heavy (non-hydrogen) atoms. The van der Waals surface area contributed by atoms with Gasteiger partial charge in [0.25, 0.3) is 0 Å². The van der Waals surface area contributed by atoms with E-state index in [4.69, 9.17) is 11.6 Å². The summed E-state index contributed by atoms with van der Waals surface area (Å²) in [7, 11) is -3.66. The largest absolute Gasteiger partial charge is 0.342 e. The zero-order valence-corrected chi connectivity index (χ0v) is 16.1. The molecule has 1 aliphatic rings. The summed E-state index contributed by atoms with van der Waals surface area (Å²) < 4.78 is 28.9. The maximum atomic E-state index is 13.4. The van der Waals surface area contributed by atoms with Crippen LogP contribution in [0.2, 0.25) is 5.02 Å². The van der Waals surface area contributed by atoms with Crippen LogP contribution in [0, 0.1) is 6.92 Å². The molecule has 6 heteroatoms. The molecule has 1 atom stereocenters. The number of hydrogen-bond donors (Lipinski definition) is 1. The fraction of sp³-hybridized carbons (Fsp3) is 0.300. The lowest BCUT2D eigenvalue weighted by Crippen LogP contribution is -2.27. The number of nitrogens with one attached hydrogen (secondary N) is 1. The van der Waals surface area contributed by atoms with E-state index in [0.29, 0.717) is 26.2 Å². The average molecular weight is 389 g/mol. The van der Waals surface area contributed by atoms with Crippen molar-refractivity contribution in [1.82, 2.24) is 9.88 Å². The Hall–Kier alpha value is -1.82. The summed E-state index contributed by atoms with van der Waals surface area (Å²) >= 11 is 6.46. The van der Waals surface area contributed by atoms with Gasteiger partial charge in [-0.2, -0.15) is 0 Å². The second-order valence-electron chi connectivity index (χ2n) is 6.77. The zero-order valence-electron chi connectivity index (χ0n) is 14.6. The summed E-state index contributed by atoms with van der Waals surface area (Å²) in [6.07, 6.45) is 2.25. The van der Waals surface area contributed by atoms with Crippen molar-refractivity contribution in [2.45, 2.75) is 42.1 Å². The molecule has 4 rings (SSSR count). The van der Waals surface area contributed by atoms with Gasteiger partial charge >= 0.3 is 0 Å². The second kappa shape index (κ2) is 6.72. The van der Waals surface area contributed by atoms with Gasteiger partial charge in [0.05, 0.1) is 15.4 Å². The number of halogens is 1. The first-order valence-corrected chi connectivity index (χ1v) is 10.7. The molecule has 136 valence electrons. The highest BCUT2D eigenvalue weighted by molar-refractivity contribution is 7.91. The molecule has 1 unspecified atom stereocenters. The number of benzene rings is 2. The van der Waals surface area contributed by atoms with Crippen LogP contribution in [-0.2, 0) is 16.4 Å². The Balaban J connectivity index is 1.96. The minimum Gasteiger partial charge on any atom is -0.342 e. The van der Waals surface area contributed by atoms with E-state index < -0.39 is 9.84 Å². The average Bonchev–Trinajstić information content (AvgIpc) is 3.24. The van der Waals surface area contributed by atoms with Crippen LogP contribution >= 0.6 is 11.6 Å². The van der Waals surface area contributed by atoms with Gasteiger partial charge in [-0.15, -0.1) is 0 Å². The number of hydrogen-bond acceptors (Lipinski definition) is 3. The predicted octanol–water partition coefficient (Wildman–Crippen LogP) is 4.19. The zero-order chi connectivity index (χ0) is 18.3. The van der Waals surface area contributed by atoms with Crippen molar-refractivity contribution >= 4 is 32.3 Å². The van der Waals surface area contributed by atoms with Crippen molar-refractivity contribution in [3.8, 4) is 0 Å². The second-order valence-corrected chi connectivity index (χ2v) is 9.06. The molecular weight excluding hydrogens is 368 g/mol. The van der Waals surface area contributed by atoms with Crippen molar-refractivity contribution in [2.24, 2.45) is 0 Å². The van der Waals surface area contributed by atoms with Crippen molar-refractivity contribution in [3.63, 3.8) is 0 Å². The normalized spacial score (nSPS) is 17.8. The van der Waals surface area contributed by atoms with Gasteiger partial charge < -0.3 is 9.88 Å². The van der Waals surface area contributed by atoms with E-state index >= 15 is 0 Å². The predicted molar refractivity (Wildman–Crippen MR) is 105 cm³/mol. The smallest absolute Gasteiger partial charge is 0.209 e. The van der Waals surface area contributed by atoms with E-state index in [0.717, 1.165) is 37.1 Å². The molecule has 2 heterocycles. The number of rotatable bonds is 4. The SMILES string of the molecule is Cc1c(S(=O)(=O)c2ccccc2)c2c(Cl)cccc2n1CC1CCCN1. The molecular formula is C20H21ClN2O2S. The number of aromatic nitrogens is 1. The first-order valence-electron chi connectivity index (χ1n) is 8.81. The summed E-state index contributed by atoms with van der Waals surface area (Å²) in [5.74, 6) is 0. The van der Waals surface area contributed by atoms with Crippen LogP contribution in [0.4, 0.5) is 0 Å². The molecule has 0 saturated carbocycles. The van der Waals surface area contributed by atoms with Crippen LogP contribution < -0.4 is 5.32 Å². The standard InChI is InChI=1S/C20H21ClN2O2S/c1-14-20(26(24,25)16-8-3-2-4-9-16)19-17(21)10-5-11-18(19)23(14)13-15-7-6-12-22-15/h2-5,8-11,15,22H,6-7,12-13H2,1H3. The monoisotopic (exact) mass is 388 g/mol. The lowest BCUT2D eigenvalue weighted by molar-refractivity contribution is 0.510. The van der Waals surface area contributed by atoms with Crippen LogP contribution in [0.15, 0.2) is 58.3 Å². The highest BCUT2D eigenvalue weighted by Gasteiger charge is 2.29. The summed E-state index contributed by atoms with van der Waals surface area (Å²) in [6.45, 7) is 3.63. The van der Waals surface area contributed by atoms with E-state index in [-0.39, 0.29) is 0 Å². The molecule has 1 N–H and O–H groups in total. The lowest BCUT2D eigenvalue weighted by Gasteiger charge is -2.15. The molecule has 1 aliphatic heterocycles. The van der Waals surface area contributed by atoms with Gasteiger partial charge in [0.1, 0.15) is 4.90 Å². The van der Waals surface area contributed by atoms with Gasteiger partial charge in [0.15, 0.2) is 0 Å². The Labute approximate surface area is 158 Å². The van der Waals surface area contributed by atoms with Crippen LogP contribution in [-0.4, -0.2) is 25.6 Å². The lowest BCUT2D eigenvalue weighted by atomic mass is 10.2. The van der Waals surface area contributed by atoms with E-state index in [2.05, 4.69) is 9.88 Å². The van der Waals surface area contributed by atoms with Crippen LogP contribution in [0.3, 0.4) is 0 Å². The van der Waals surface area contributed by atoms with E-state index in [1.165, 1.54) is 0 Å². The van der Waals surface area contributed by atoms with Crippen molar-refractivity contribution in [1.29, 1.82) is 0 Å². The fourth-order valence-corrected chi connectivity index (χ4v) is 5.91. The van der Waals surface area contributed by atoms with Crippen molar-refractivity contribution in [2.75, 3.05) is 6.54 Å². The summed E-state index contributed by atoms with van der Waals surface area (Å²) in [5, 5.41) is 4.58. The van der Waals surface area contributed by atoms with Gasteiger partial charge in [0.2, 0.25) is 9.84 Å². The Morgan fingerprint density at radius 1 is 1.15 bits per heavy atom. The molecule has 0 bridgehead atoms. The number of fused-ring (bicyclic) bond motifs is 1. The Morgan fingerprint density at radius 2 is 1.92 bits per heavy atom. The molecule has 3 aromatic rings. The first-order chi connectivity index (χ1) is 12.5. The molecule has 2 aromatic carbocycles. The Kier molecular flexibility index (Phi) is 4.55. The molecule has 1 saturated heterocycles. The number of nitrogens with zero attached hydrogens (tertiary/aromatic N) is 1. The van der Waals surface area contributed by atoms with Gasteiger partial charge in [-0.25, -0.2) is 8.42 Å². The highest BCUT2D eigenvalue weighted by Crippen LogP contribution is 2.38. The fourth-order valence-electron chi connectivity index (χ4n) is 3.86. The van der Waals surface area contributed by atoms with Gasteiger partial charge in [-0.3, -0.25) is 0 Å². The third-order valence-corrected chi connectivity index (χ3v) is 7.38. The third-order valence-electron chi connectivity index (χ3n) is 5.13. The minimum absolute atomic E-state index is 0.293. The maximum Gasteiger partial charge on any atom is 0.209 e. The topological polar surface area (TPSA) is 51.1 Å². The van der Waals surface area contributed by atoms with Crippen molar-refractivity contribution in [3.05, 3.63) is 59.2 Å². The van der Waals surface area contributed by atoms with Gasteiger partial charge in [0, 0.05) is 23.7 Å². The highest BCUT2D eigenvalue weighted by atomic mass is 35.5.